The molecule has 1 aliphatic heterocycles. The molecule has 1 aliphatic carbocycles. The number of nitrogens with one attached hydrogen (secondary N) is 1. The zero-order valence-electron chi connectivity index (χ0n) is 24.9. The number of alkyl halides is 3. The topological polar surface area (TPSA) is 124 Å². The predicted octanol–water partition coefficient (Wildman–Crippen LogP) is 4.76. The standard InChI is InChI=1S/C30H33FN4O3.C2HF3O2/c1-19-20(2)29(37)33-32-27(19)16-21-11-12-26(31)25(15-21)30(38)34-13-14-35(28(36)18-34)24-10-6-9-23(17-24)22-7-4-3-5-8-22;3-2(4,5)1(6)7/h3-5,7-8,11-12,15,23-24H,6,9-10,13-14,16-18H2,1-2H3,(H,33,37);(H,6,7). The van der Waals surface area contributed by atoms with E-state index in [4.69, 9.17) is 9.90 Å². The van der Waals surface area contributed by atoms with Gasteiger partial charge < -0.3 is 14.9 Å². The number of aromatic nitrogens is 2. The lowest BCUT2D eigenvalue weighted by molar-refractivity contribution is -0.192. The SMILES string of the molecule is Cc1c(Cc2ccc(F)c(C(=O)N3CCN(C4CCCC(c5ccccc5)C4)C(=O)C3)c2)n[nH]c(=O)c1C.O=C(O)C(F)(F)F. The Bertz CT molecular complexity index is 1610. The van der Waals surface area contributed by atoms with Gasteiger partial charge in [0, 0.05) is 31.1 Å². The molecule has 45 heavy (non-hydrogen) atoms. The van der Waals surface area contributed by atoms with E-state index in [1.54, 1.807) is 13.0 Å². The highest BCUT2D eigenvalue weighted by Crippen LogP contribution is 2.35. The van der Waals surface area contributed by atoms with E-state index in [2.05, 4.69) is 34.5 Å². The first-order chi connectivity index (χ1) is 21.3. The van der Waals surface area contributed by atoms with Crippen molar-refractivity contribution in [3.05, 3.63) is 98.2 Å². The van der Waals surface area contributed by atoms with Gasteiger partial charge in [0.1, 0.15) is 12.4 Å². The Morgan fingerprint density at radius 2 is 1.71 bits per heavy atom. The number of carbonyl (C=O) groups is 3. The van der Waals surface area contributed by atoms with Crippen molar-refractivity contribution in [2.75, 3.05) is 19.6 Å². The van der Waals surface area contributed by atoms with Crippen molar-refractivity contribution in [1.82, 2.24) is 20.0 Å². The number of amides is 2. The molecule has 2 heterocycles. The predicted molar refractivity (Wildman–Crippen MR) is 156 cm³/mol. The molecule has 0 bridgehead atoms. The van der Waals surface area contributed by atoms with E-state index in [9.17, 15) is 31.9 Å². The highest BCUT2D eigenvalue weighted by molar-refractivity contribution is 5.97. The molecule has 5 rings (SSSR count). The van der Waals surface area contributed by atoms with Gasteiger partial charge in [-0.05, 0) is 67.9 Å². The van der Waals surface area contributed by atoms with Crippen LogP contribution in [0.3, 0.4) is 0 Å². The van der Waals surface area contributed by atoms with Gasteiger partial charge in [-0.2, -0.15) is 18.3 Å². The number of hydrogen-bond acceptors (Lipinski definition) is 5. The number of carboxylic acids is 1. The number of H-pyrrole nitrogens is 1. The molecule has 0 radical (unpaired) electrons. The van der Waals surface area contributed by atoms with Crippen LogP contribution in [-0.2, 0) is 16.0 Å². The molecule has 9 nitrogen and oxygen atoms in total. The molecule has 2 atom stereocenters. The van der Waals surface area contributed by atoms with Gasteiger partial charge in [-0.3, -0.25) is 14.4 Å². The van der Waals surface area contributed by atoms with Gasteiger partial charge in [0.05, 0.1) is 11.3 Å². The van der Waals surface area contributed by atoms with Crippen molar-refractivity contribution in [1.29, 1.82) is 0 Å². The maximum Gasteiger partial charge on any atom is 0.490 e. The van der Waals surface area contributed by atoms with Crippen molar-refractivity contribution in [2.24, 2.45) is 0 Å². The second-order valence-corrected chi connectivity index (χ2v) is 11.3. The molecule has 2 unspecified atom stereocenters. The number of rotatable bonds is 5. The largest absolute Gasteiger partial charge is 0.490 e. The van der Waals surface area contributed by atoms with E-state index in [-0.39, 0.29) is 29.6 Å². The van der Waals surface area contributed by atoms with Crippen LogP contribution in [0.15, 0.2) is 53.3 Å². The first-order valence-electron chi connectivity index (χ1n) is 14.5. The fraction of sp³-hybridized carbons (Fsp3) is 0.406. The van der Waals surface area contributed by atoms with Crippen LogP contribution in [0.4, 0.5) is 17.6 Å². The molecule has 2 N–H and O–H groups in total. The van der Waals surface area contributed by atoms with Crippen molar-refractivity contribution < 1.29 is 37.1 Å². The van der Waals surface area contributed by atoms with Crippen LogP contribution in [0, 0.1) is 19.7 Å². The van der Waals surface area contributed by atoms with Crippen LogP contribution >= 0.6 is 0 Å². The average molecular weight is 631 g/mol. The van der Waals surface area contributed by atoms with Gasteiger partial charge in [-0.15, -0.1) is 0 Å². The summed E-state index contributed by atoms with van der Waals surface area (Å²) in [5.74, 6) is -3.50. The van der Waals surface area contributed by atoms with Gasteiger partial charge in [0.15, 0.2) is 0 Å². The number of carboxylic acid groups (broad SMARTS) is 1. The number of aromatic amines is 1. The first kappa shape index (κ1) is 33.3. The van der Waals surface area contributed by atoms with Crippen molar-refractivity contribution >= 4 is 17.8 Å². The monoisotopic (exact) mass is 630 g/mol. The van der Waals surface area contributed by atoms with E-state index < -0.39 is 23.9 Å². The van der Waals surface area contributed by atoms with Crippen molar-refractivity contribution in [3.63, 3.8) is 0 Å². The molecule has 1 saturated heterocycles. The van der Waals surface area contributed by atoms with E-state index >= 15 is 0 Å². The Balaban J connectivity index is 0.000000591. The zero-order chi connectivity index (χ0) is 32.9. The number of aliphatic carboxylic acids is 1. The van der Waals surface area contributed by atoms with Crippen molar-refractivity contribution in [2.45, 2.75) is 64.1 Å². The third kappa shape index (κ3) is 8.14. The van der Waals surface area contributed by atoms with Gasteiger partial charge in [0.25, 0.3) is 11.5 Å². The maximum absolute atomic E-state index is 14.8. The molecule has 0 spiro atoms. The quantitative estimate of drug-likeness (QED) is 0.392. The molecule has 2 amide bonds. The molecule has 1 aromatic heterocycles. The minimum atomic E-state index is -5.08. The molecule has 3 aromatic rings. The number of nitrogens with zero attached hydrogens (tertiary/aromatic N) is 3. The van der Waals surface area contributed by atoms with Crippen LogP contribution in [0.1, 0.15) is 69.9 Å². The second kappa shape index (κ2) is 14.0. The lowest BCUT2D eigenvalue weighted by atomic mass is 9.80. The van der Waals surface area contributed by atoms with E-state index in [1.165, 1.54) is 22.6 Å². The maximum atomic E-state index is 14.8. The lowest BCUT2D eigenvalue weighted by Gasteiger charge is -2.42. The summed E-state index contributed by atoms with van der Waals surface area (Å²) in [4.78, 5) is 50.5. The summed E-state index contributed by atoms with van der Waals surface area (Å²) in [6.07, 6.45) is -0.648. The lowest BCUT2D eigenvalue weighted by Crippen LogP contribution is -2.56. The fourth-order valence-corrected chi connectivity index (χ4v) is 5.78. The number of halogens is 4. The Hall–Kier alpha value is -4.55. The number of benzene rings is 2. The minimum Gasteiger partial charge on any atom is -0.475 e. The minimum absolute atomic E-state index is 0.0468. The van der Waals surface area contributed by atoms with Gasteiger partial charge in [-0.1, -0.05) is 42.8 Å². The first-order valence-corrected chi connectivity index (χ1v) is 14.5. The number of piperazine rings is 1. The molecular formula is C32H34F4N4O5. The van der Waals surface area contributed by atoms with Gasteiger partial charge in [-0.25, -0.2) is 14.3 Å². The summed E-state index contributed by atoms with van der Waals surface area (Å²) in [6, 6.07) is 15.0. The van der Waals surface area contributed by atoms with Crippen LogP contribution < -0.4 is 5.56 Å². The van der Waals surface area contributed by atoms with Crippen LogP contribution in [0.2, 0.25) is 0 Å². The second-order valence-electron chi connectivity index (χ2n) is 11.3. The van der Waals surface area contributed by atoms with Gasteiger partial charge in [0.2, 0.25) is 5.91 Å². The smallest absolute Gasteiger partial charge is 0.475 e. The molecule has 2 aliphatic rings. The highest BCUT2D eigenvalue weighted by atomic mass is 19.4. The third-order valence-electron chi connectivity index (χ3n) is 8.41. The van der Waals surface area contributed by atoms with E-state index in [1.807, 2.05) is 17.9 Å². The van der Waals surface area contributed by atoms with Crippen LogP contribution in [0.25, 0.3) is 0 Å². The van der Waals surface area contributed by atoms with Crippen LogP contribution in [-0.4, -0.2) is 74.7 Å². The Morgan fingerprint density at radius 1 is 1.02 bits per heavy atom. The molecule has 2 aromatic carbocycles. The number of carbonyl (C=O) groups excluding carboxylic acids is 2. The summed E-state index contributed by atoms with van der Waals surface area (Å²) < 4.78 is 46.5. The van der Waals surface area contributed by atoms with Gasteiger partial charge >= 0.3 is 12.1 Å². The summed E-state index contributed by atoms with van der Waals surface area (Å²) in [5, 5.41) is 13.7. The summed E-state index contributed by atoms with van der Waals surface area (Å²) in [5.41, 5.74) is 3.74. The number of hydrogen-bond donors (Lipinski definition) is 2. The van der Waals surface area contributed by atoms with E-state index in [0.717, 1.165) is 31.2 Å². The Morgan fingerprint density at radius 3 is 2.36 bits per heavy atom. The van der Waals surface area contributed by atoms with E-state index in [0.29, 0.717) is 42.2 Å². The molecule has 2 fully saturated rings. The summed E-state index contributed by atoms with van der Waals surface area (Å²) >= 11 is 0. The van der Waals surface area contributed by atoms with Crippen molar-refractivity contribution in [3.8, 4) is 0 Å². The zero-order valence-corrected chi connectivity index (χ0v) is 24.9. The van der Waals surface area contributed by atoms with Crippen LogP contribution in [0.5, 0.6) is 0 Å². The Kier molecular flexibility index (Phi) is 10.4. The summed E-state index contributed by atoms with van der Waals surface area (Å²) in [7, 11) is 0. The third-order valence-corrected chi connectivity index (χ3v) is 8.41. The molecule has 240 valence electrons. The molecular weight excluding hydrogens is 596 g/mol. The Labute approximate surface area is 256 Å². The fourth-order valence-electron chi connectivity index (χ4n) is 5.78. The summed E-state index contributed by atoms with van der Waals surface area (Å²) in [6.45, 7) is 4.33. The normalized spacial score (nSPS) is 18.7. The molecule has 13 heteroatoms. The molecule has 1 saturated carbocycles. The average Bonchev–Trinajstić information content (AvgIpc) is 3.02. The highest BCUT2D eigenvalue weighted by Gasteiger charge is 2.38.